The van der Waals surface area contributed by atoms with Crippen LogP contribution < -0.4 is 5.32 Å². The molecule has 4 heteroatoms. The summed E-state index contributed by atoms with van der Waals surface area (Å²) in [6.07, 6.45) is 0.308. The van der Waals surface area contributed by atoms with Crippen LogP contribution in [0.25, 0.3) is 0 Å². The minimum atomic E-state index is -0.533. The van der Waals surface area contributed by atoms with Crippen LogP contribution in [0.15, 0.2) is 0 Å². The van der Waals surface area contributed by atoms with Gasteiger partial charge in [-0.05, 0) is 26.7 Å². The monoisotopic (exact) mass is 212 g/mol. The van der Waals surface area contributed by atoms with Gasteiger partial charge in [0.05, 0.1) is 6.07 Å². The third-order valence-electron chi connectivity index (χ3n) is 2.02. The van der Waals surface area contributed by atoms with Gasteiger partial charge < -0.3 is 10.1 Å². The number of amides is 1. The molecule has 0 aliphatic carbocycles. The summed E-state index contributed by atoms with van der Waals surface area (Å²) in [7, 11) is 0. The fourth-order valence-corrected chi connectivity index (χ4v) is 0.972. The Kier molecular flexibility index (Phi) is 5.13. The molecule has 0 aliphatic heterocycles. The van der Waals surface area contributed by atoms with E-state index in [1.807, 2.05) is 13.8 Å². The Morgan fingerprint density at radius 2 is 2.07 bits per heavy atom. The van der Waals surface area contributed by atoms with E-state index in [0.29, 0.717) is 0 Å². The van der Waals surface area contributed by atoms with Crippen LogP contribution in [0, 0.1) is 17.2 Å². The normalized spacial score (nSPS) is 14.9. The van der Waals surface area contributed by atoms with E-state index in [0.717, 1.165) is 6.42 Å². The molecule has 0 aromatic carbocycles. The first-order valence-corrected chi connectivity index (χ1v) is 5.19. The van der Waals surface area contributed by atoms with Crippen LogP contribution in [-0.4, -0.2) is 17.7 Å². The van der Waals surface area contributed by atoms with Gasteiger partial charge in [0.2, 0.25) is 0 Å². The minimum Gasteiger partial charge on any atom is -0.444 e. The van der Waals surface area contributed by atoms with Crippen molar-refractivity contribution < 1.29 is 9.53 Å². The number of hydrogen-bond acceptors (Lipinski definition) is 3. The molecule has 4 nitrogen and oxygen atoms in total. The maximum Gasteiger partial charge on any atom is 0.408 e. The molecule has 0 bridgehead atoms. The molecule has 0 rings (SSSR count). The number of ether oxygens (including phenoxy) is 1. The van der Waals surface area contributed by atoms with Gasteiger partial charge in [0.25, 0.3) is 0 Å². The highest BCUT2D eigenvalue weighted by molar-refractivity contribution is 5.68. The van der Waals surface area contributed by atoms with E-state index >= 15 is 0 Å². The lowest BCUT2D eigenvalue weighted by molar-refractivity contribution is 0.0503. The molecule has 1 amide bonds. The van der Waals surface area contributed by atoms with E-state index in [1.54, 1.807) is 20.8 Å². The van der Waals surface area contributed by atoms with Crippen LogP contribution in [-0.2, 0) is 4.74 Å². The molecule has 0 spiro atoms. The van der Waals surface area contributed by atoms with Gasteiger partial charge in [0.1, 0.15) is 11.6 Å². The molecule has 0 aromatic heterocycles. The second-order valence-corrected chi connectivity index (χ2v) is 4.64. The molecule has 15 heavy (non-hydrogen) atoms. The quantitative estimate of drug-likeness (QED) is 0.781. The van der Waals surface area contributed by atoms with Gasteiger partial charge in [-0.1, -0.05) is 20.3 Å². The fourth-order valence-electron chi connectivity index (χ4n) is 0.972. The maximum atomic E-state index is 11.4. The second-order valence-electron chi connectivity index (χ2n) is 4.64. The van der Waals surface area contributed by atoms with Crippen molar-refractivity contribution in [3.63, 3.8) is 0 Å². The van der Waals surface area contributed by atoms with Crippen molar-refractivity contribution in [3.05, 3.63) is 0 Å². The maximum absolute atomic E-state index is 11.4. The first kappa shape index (κ1) is 13.8. The highest BCUT2D eigenvalue weighted by Gasteiger charge is 2.21. The van der Waals surface area contributed by atoms with Crippen LogP contribution in [0.1, 0.15) is 41.0 Å². The highest BCUT2D eigenvalue weighted by Crippen LogP contribution is 2.10. The number of nitrogens with one attached hydrogen (secondary N) is 1. The molecule has 0 saturated carbocycles. The summed E-state index contributed by atoms with van der Waals surface area (Å²) in [5.74, 6) is 0.127. The van der Waals surface area contributed by atoms with Gasteiger partial charge >= 0.3 is 6.09 Å². The molecular weight excluding hydrogens is 192 g/mol. The first-order chi connectivity index (χ1) is 6.80. The Labute approximate surface area is 91.6 Å². The lowest BCUT2D eigenvalue weighted by Crippen LogP contribution is -2.41. The van der Waals surface area contributed by atoms with Crippen LogP contribution >= 0.6 is 0 Å². The van der Waals surface area contributed by atoms with Crippen molar-refractivity contribution in [1.29, 1.82) is 5.26 Å². The first-order valence-electron chi connectivity index (χ1n) is 5.19. The molecule has 86 valence electrons. The molecular formula is C11H20N2O2. The van der Waals surface area contributed by atoms with E-state index in [-0.39, 0.29) is 5.92 Å². The Morgan fingerprint density at radius 1 is 1.53 bits per heavy atom. The van der Waals surface area contributed by atoms with Gasteiger partial charge in [-0.2, -0.15) is 5.26 Å². The molecule has 0 radical (unpaired) electrons. The zero-order valence-electron chi connectivity index (χ0n) is 10.1. The number of rotatable bonds is 3. The Balaban J connectivity index is 4.21. The number of hydrogen-bond donors (Lipinski definition) is 1. The summed E-state index contributed by atoms with van der Waals surface area (Å²) in [5.41, 5.74) is -0.528. The van der Waals surface area contributed by atoms with E-state index in [2.05, 4.69) is 11.4 Å². The van der Waals surface area contributed by atoms with Crippen molar-refractivity contribution in [2.45, 2.75) is 52.7 Å². The number of nitriles is 1. The van der Waals surface area contributed by atoms with E-state index < -0.39 is 17.7 Å². The Bertz CT molecular complexity index is 250. The number of carbonyl (C=O) groups excluding carboxylic acids is 1. The minimum absolute atomic E-state index is 0.127. The van der Waals surface area contributed by atoms with Crippen molar-refractivity contribution in [1.82, 2.24) is 5.32 Å². The summed E-state index contributed by atoms with van der Waals surface area (Å²) in [6.45, 7) is 9.27. The van der Waals surface area contributed by atoms with Crippen LogP contribution in [0.2, 0.25) is 0 Å². The topological polar surface area (TPSA) is 62.1 Å². The lowest BCUT2D eigenvalue weighted by Gasteiger charge is -2.22. The van der Waals surface area contributed by atoms with E-state index in [4.69, 9.17) is 10.00 Å². The smallest absolute Gasteiger partial charge is 0.408 e. The van der Waals surface area contributed by atoms with Crippen molar-refractivity contribution >= 4 is 6.09 Å². The predicted molar refractivity (Wildman–Crippen MR) is 58.2 cm³/mol. The van der Waals surface area contributed by atoms with Crippen LogP contribution in [0.5, 0.6) is 0 Å². The average Bonchev–Trinajstić information content (AvgIpc) is 2.10. The number of nitrogens with zero attached hydrogens (tertiary/aromatic N) is 1. The molecule has 0 aliphatic rings. The number of alkyl carbamates (subject to hydrolysis) is 1. The highest BCUT2D eigenvalue weighted by atomic mass is 16.6. The molecule has 0 heterocycles. The van der Waals surface area contributed by atoms with Crippen molar-refractivity contribution in [3.8, 4) is 6.07 Å². The third kappa shape index (κ3) is 5.95. The lowest BCUT2D eigenvalue weighted by atomic mass is 10.0. The molecule has 0 saturated heterocycles. The van der Waals surface area contributed by atoms with Gasteiger partial charge in [0, 0.05) is 0 Å². The summed E-state index contributed by atoms with van der Waals surface area (Å²) in [6, 6.07) is 1.58. The molecule has 1 N–H and O–H groups in total. The van der Waals surface area contributed by atoms with Gasteiger partial charge in [-0.15, -0.1) is 0 Å². The Morgan fingerprint density at radius 3 is 2.40 bits per heavy atom. The zero-order valence-corrected chi connectivity index (χ0v) is 10.1. The standard InChI is InChI=1S/C11H20N2O2/c1-6-8(2)9(7-12)13-10(14)15-11(3,4)5/h8-9H,6H2,1-5H3,(H,13,14)/t8-,9-/m0/s1. The fraction of sp³-hybridized carbons (Fsp3) is 0.818. The van der Waals surface area contributed by atoms with Crippen molar-refractivity contribution in [2.75, 3.05) is 0 Å². The van der Waals surface area contributed by atoms with E-state index in [9.17, 15) is 4.79 Å². The second kappa shape index (κ2) is 5.59. The molecule has 0 unspecified atom stereocenters. The summed E-state index contributed by atoms with van der Waals surface area (Å²) in [4.78, 5) is 11.4. The van der Waals surface area contributed by atoms with Gasteiger partial charge in [0.15, 0.2) is 0 Å². The average molecular weight is 212 g/mol. The zero-order chi connectivity index (χ0) is 12.1. The summed E-state index contributed by atoms with van der Waals surface area (Å²) < 4.78 is 5.06. The van der Waals surface area contributed by atoms with Crippen LogP contribution in [0.3, 0.4) is 0 Å². The van der Waals surface area contributed by atoms with Crippen LogP contribution in [0.4, 0.5) is 4.79 Å². The number of carbonyl (C=O) groups is 1. The molecule has 0 fully saturated rings. The summed E-state index contributed by atoms with van der Waals surface area (Å²) in [5, 5.41) is 11.4. The van der Waals surface area contributed by atoms with Gasteiger partial charge in [-0.25, -0.2) is 4.79 Å². The molecule has 2 atom stereocenters. The Hall–Kier alpha value is -1.24. The third-order valence-corrected chi connectivity index (χ3v) is 2.02. The SMILES string of the molecule is CC[C@H](C)[C@H](C#N)NC(=O)OC(C)(C)C. The van der Waals surface area contributed by atoms with Crippen molar-refractivity contribution in [2.24, 2.45) is 5.92 Å². The molecule has 0 aromatic rings. The van der Waals surface area contributed by atoms with E-state index in [1.165, 1.54) is 0 Å². The van der Waals surface area contributed by atoms with Gasteiger partial charge in [-0.3, -0.25) is 0 Å². The summed E-state index contributed by atoms with van der Waals surface area (Å²) >= 11 is 0. The largest absolute Gasteiger partial charge is 0.444 e. The predicted octanol–water partition coefficient (Wildman–Crippen LogP) is 2.45.